The molecule has 0 saturated carbocycles. The van der Waals surface area contributed by atoms with Crippen molar-refractivity contribution in [1.82, 2.24) is 14.8 Å². The zero-order valence-corrected chi connectivity index (χ0v) is 17.7. The van der Waals surface area contributed by atoms with Crippen LogP contribution >= 0.6 is 11.6 Å². The lowest BCUT2D eigenvalue weighted by molar-refractivity contribution is 0.101. The normalized spacial score (nSPS) is 10.8. The van der Waals surface area contributed by atoms with Gasteiger partial charge in [0.2, 0.25) is 5.82 Å². The van der Waals surface area contributed by atoms with Gasteiger partial charge in [-0.1, -0.05) is 53.6 Å². The molecule has 0 spiro atoms. The van der Waals surface area contributed by atoms with E-state index in [1.165, 1.54) is 0 Å². The number of hydrogen-bond donors (Lipinski definition) is 1. The summed E-state index contributed by atoms with van der Waals surface area (Å²) in [7, 11) is 0. The van der Waals surface area contributed by atoms with Crippen molar-refractivity contribution in [2.45, 2.75) is 20.8 Å². The molecule has 3 aromatic carbocycles. The van der Waals surface area contributed by atoms with Gasteiger partial charge >= 0.3 is 0 Å². The number of carbonyl (C=O) groups excluding carboxylic acids is 1. The van der Waals surface area contributed by atoms with Crippen molar-refractivity contribution in [3.63, 3.8) is 0 Å². The van der Waals surface area contributed by atoms with E-state index >= 15 is 0 Å². The Kier molecular flexibility index (Phi) is 5.38. The standard InChI is InChI=1S/C24H21ClN4O/c1-15-7-4-9-18(13-15)23-27-22(28-29(23)19-10-5-8-16(2)14-19)24(30)26-21-12-6-11-20(25)17(21)3/h4-14H,1-3H3,(H,26,30). The molecule has 0 aliphatic heterocycles. The molecule has 1 heterocycles. The van der Waals surface area contributed by atoms with Gasteiger partial charge < -0.3 is 5.32 Å². The van der Waals surface area contributed by atoms with Crippen molar-refractivity contribution < 1.29 is 4.79 Å². The number of aryl methyl sites for hydroxylation is 2. The monoisotopic (exact) mass is 416 g/mol. The van der Waals surface area contributed by atoms with E-state index in [9.17, 15) is 4.79 Å². The van der Waals surface area contributed by atoms with Crippen molar-refractivity contribution in [3.05, 3.63) is 94.3 Å². The summed E-state index contributed by atoms with van der Waals surface area (Å²) in [5.74, 6) is 0.310. The third-order valence-electron chi connectivity index (χ3n) is 4.85. The number of benzene rings is 3. The van der Waals surface area contributed by atoms with Gasteiger partial charge in [-0.15, -0.1) is 5.10 Å². The Hall–Kier alpha value is -3.44. The van der Waals surface area contributed by atoms with Crippen LogP contribution in [-0.2, 0) is 0 Å². The number of amides is 1. The first-order chi connectivity index (χ1) is 14.4. The van der Waals surface area contributed by atoms with Gasteiger partial charge in [0.05, 0.1) is 5.69 Å². The average Bonchev–Trinajstić information content (AvgIpc) is 3.17. The van der Waals surface area contributed by atoms with E-state index in [1.54, 1.807) is 22.9 Å². The van der Waals surface area contributed by atoms with Crippen LogP contribution in [0.25, 0.3) is 17.1 Å². The molecule has 6 heteroatoms. The first-order valence-corrected chi connectivity index (χ1v) is 9.98. The van der Waals surface area contributed by atoms with Crippen LogP contribution in [-0.4, -0.2) is 20.7 Å². The van der Waals surface area contributed by atoms with E-state index < -0.39 is 0 Å². The molecule has 150 valence electrons. The highest BCUT2D eigenvalue weighted by molar-refractivity contribution is 6.31. The summed E-state index contributed by atoms with van der Waals surface area (Å²) in [6.45, 7) is 5.89. The molecule has 0 radical (unpaired) electrons. The first-order valence-electron chi connectivity index (χ1n) is 9.60. The van der Waals surface area contributed by atoms with Crippen LogP contribution in [0, 0.1) is 20.8 Å². The maximum absolute atomic E-state index is 12.9. The minimum Gasteiger partial charge on any atom is -0.319 e. The van der Waals surface area contributed by atoms with Crippen LogP contribution in [0.5, 0.6) is 0 Å². The highest BCUT2D eigenvalue weighted by Gasteiger charge is 2.20. The highest BCUT2D eigenvalue weighted by Crippen LogP contribution is 2.25. The number of carbonyl (C=O) groups is 1. The summed E-state index contributed by atoms with van der Waals surface area (Å²) in [5, 5.41) is 8.00. The van der Waals surface area contributed by atoms with Gasteiger partial charge in [-0.05, 0) is 62.2 Å². The molecule has 30 heavy (non-hydrogen) atoms. The second kappa shape index (κ2) is 8.13. The van der Waals surface area contributed by atoms with Crippen molar-refractivity contribution in [1.29, 1.82) is 0 Å². The minimum absolute atomic E-state index is 0.0902. The molecule has 4 rings (SSSR count). The van der Waals surface area contributed by atoms with Gasteiger partial charge in [0, 0.05) is 16.3 Å². The summed E-state index contributed by atoms with van der Waals surface area (Å²) >= 11 is 6.18. The second-order valence-corrected chi connectivity index (χ2v) is 7.65. The van der Waals surface area contributed by atoms with Gasteiger partial charge in [0.25, 0.3) is 5.91 Å². The topological polar surface area (TPSA) is 59.8 Å². The number of anilines is 1. The second-order valence-electron chi connectivity index (χ2n) is 7.25. The summed E-state index contributed by atoms with van der Waals surface area (Å²) in [4.78, 5) is 17.5. The maximum atomic E-state index is 12.9. The lowest BCUT2D eigenvalue weighted by Gasteiger charge is -2.07. The third-order valence-corrected chi connectivity index (χ3v) is 5.26. The predicted octanol–water partition coefficient (Wildman–Crippen LogP) is 5.77. The quantitative estimate of drug-likeness (QED) is 0.459. The number of halogens is 1. The number of rotatable bonds is 4. The van der Waals surface area contributed by atoms with Gasteiger partial charge in [-0.3, -0.25) is 4.79 Å². The Morgan fingerprint density at radius 3 is 2.37 bits per heavy atom. The van der Waals surface area contributed by atoms with Crippen LogP contribution in [0.2, 0.25) is 5.02 Å². The summed E-state index contributed by atoms with van der Waals surface area (Å²) in [6.07, 6.45) is 0. The summed E-state index contributed by atoms with van der Waals surface area (Å²) in [6, 6.07) is 21.3. The van der Waals surface area contributed by atoms with E-state index in [0.717, 1.165) is 27.9 Å². The largest absolute Gasteiger partial charge is 0.319 e. The number of aromatic nitrogens is 3. The molecule has 0 bridgehead atoms. The van der Waals surface area contributed by atoms with E-state index in [0.29, 0.717) is 16.5 Å². The molecule has 0 aliphatic rings. The molecule has 1 N–H and O–H groups in total. The van der Waals surface area contributed by atoms with Gasteiger partial charge in [0.1, 0.15) is 0 Å². The number of nitrogens with zero attached hydrogens (tertiary/aromatic N) is 3. The van der Waals surface area contributed by atoms with Crippen molar-refractivity contribution in [2.24, 2.45) is 0 Å². The lowest BCUT2D eigenvalue weighted by Crippen LogP contribution is -2.15. The van der Waals surface area contributed by atoms with Gasteiger partial charge in [-0.2, -0.15) is 0 Å². The molecular formula is C24H21ClN4O. The van der Waals surface area contributed by atoms with Crippen LogP contribution < -0.4 is 5.32 Å². The smallest absolute Gasteiger partial charge is 0.295 e. The Morgan fingerprint density at radius 1 is 0.933 bits per heavy atom. The first kappa shape index (κ1) is 19.9. The SMILES string of the molecule is Cc1cccc(-c2nc(C(=O)Nc3cccc(Cl)c3C)nn2-c2cccc(C)c2)c1. The van der Waals surface area contributed by atoms with Crippen LogP contribution in [0.1, 0.15) is 27.3 Å². The van der Waals surface area contributed by atoms with Crippen molar-refractivity contribution in [2.75, 3.05) is 5.32 Å². The molecule has 1 amide bonds. The Bertz CT molecular complexity index is 1180. The van der Waals surface area contributed by atoms with Gasteiger partial charge in [0.15, 0.2) is 5.82 Å². The number of hydrogen-bond acceptors (Lipinski definition) is 3. The summed E-state index contributed by atoms with van der Waals surface area (Å²) < 4.78 is 1.71. The highest BCUT2D eigenvalue weighted by atomic mass is 35.5. The van der Waals surface area contributed by atoms with E-state index in [2.05, 4.69) is 15.4 Å². The van der Waals surface area contributed by atoms with E-state index in [-0.39, 0.29) is 11.7 Å². The zero-order chi connectivity index (χ0) is 21.3. The fourth-order valence-electron chi connectivity index (χ4n) is 3.24. The van der Waals surface area contributed by atoms with Crippen LogP contribution in [0.15, 0.2) is 66.7 Å². The van der Waals surface area contributed by atoms with Crippen LogP contribution in [0.3, 0.4) is 0 Å². The Labute approximate surface area is 180 Å². The fraction of sp³-hybridized carbons (Fsp3) is 0.125. The Morgan fingerprint density at radius 2 is 1.63 bits per heavy atom. The maximum Gasteiger partial charge on any atom is 0.295 e. The van der Waals surface area contributed by atoms with Crippen LogP contribution in [0.4, 0.5) is 5.69 Å². The van der Waals surface area contributed by atoms with Crippen molar-refractivity contribution >= 4 is 23.2 Å². The van der Waals surface area contributed by atoms with E-state index in [1.807, 2.05) is 69.3 Å². The Balaban J connectivity index is 1.79. The van der Waals surface area contributed by atoms with Gasteiger partial charge in [-0.25, -0.2) is 9.67 Å². The third kappa shape index (κ3) is 3.98. The molecule has 0 unspecified atom stereocenters. The predicted molar refractivity (Wildman–Crippen MR) is 120 cm³/mol. The molecule has 4 aromatic rings. The molecule has 0 aliphatic carbocycles. The molecule has 0 saturated heterocycles. The minimum atomic E-state index is -0.388. The molecule has 0 fully saturated rings. The lowest BCUT2D eigenvalue weighted by atomic mass is 10.1. The zero-order valence-electron chi connectivity index (χ0n) is 17.0. The molecule has 0 atom stereocenters. The average molecular weight is 417 g/mol. The molecule has 1 aromatic heterocycles. The summed E-state index contributed by atoms with van der Waals surface area (Å²) in [5.41, 5.74) is 5.37. The fourth-order valence-corrected chi connectivity index (χ4v) is 3.41. The number of nitrogens with one attached hydrogen (secondary N) is 1. The molecule has 5 nitrogen and oxygen atoms in total. The van der Waals surface area contributed by atoms with E-state index in [4.69, 9.17) is 11.6 Å². The van der Waals surface area contributed by atoms with Crippen molar-refractivity contribution in [3.8, 4) is 17.1 Å². The molecular weight excluding hydrogens is 396 g/mol.